The smallest absolute Gasteiger partial charge is 0.107 e. The van der Waals surface area contributed by atoms with Crippen LogP contribution in [0.15, 0.2) is 0 Å². The number of thiazole rings is 1. The van der Waals surface area contributed by atoms with Gasteiger partial charge in [-0.2, -0.15) is 0 Å². The summed E-state index contributed by atoms with van der Waals surface area (Å²) >= 11 is 1.94. The summed E-state index contributed by atoms with van der Waals surface area (Å²) in [6, 6.07) is 0. The van der Waals surface area contributed by atoms with Crippen LogP contribution in [0.1, 0.15) is 55.1 Å². The zero-order chi connectivity index (χ0) is 11.9. The molecule has 1 N–H and O–H groups in total. The summed E-state index contributed by atoms with van der Waals surface area (Å²) in [5.41, 5.74) is 1.69. The highest BCUT2D eigenvalue weighted by Gasteiger charge is 2.31. The molecule has 2 aliphatic rings. The Kier molecular flexibility index (Phi) is 2.99. The number of hydrogen-bond donors (Lipinski definition) is 1. The van der Waals surface area contributed by atoms with Gasteiger partial charge in [-0.15, -0.1) is 11.3 Å². The molecule has 0 atom stereocenters. The van der Waals surface area contributed by atoms with Gasteiger partial charge in [0.15, 0.2) is 0 Å². The van der Waals surface area contributed by atoms with E-state index in [0.717, 1.165) is 12.5 Å². The fraction of sp³-hybridized carbons (Fsp3) is 0.786. The minimum Gasteiger partial charge on any atom is -0.310 e. The van der Waals surface area contributed by atoms with Gasteiger partial charge in [0.05, 0.1) is 5.69 Å². The number of hydrogen-bond acceptors (Lipinski definition) is 3. The largest absolute Gasteiger partial charge is 0.310 e. The summed E-state index contributed by atoms with van der Waals surface area (Å²) in [6.07, 6.45) is 6.72. The van der Waals surface area contributed by atoms with Gasteiger partial charge in [0, 0.05) is 16.8 Å². The Balaban J connectivity index is 1.67. The molecule has 0 amide bonds. The topological polar surface area (TPSA) is 24.9 Å². The van der Waals surface area contributed by atoms with E-state index in [1.54, 1.807) is 4.88 Å². The highest BCUT2D eigenvalue weighted by Crippen LogP contribution is 2.38. The van der Waals surface area contributed by atoms with E-state index in [1.165, 1.54) is 49.4 Å². The van der Waals surface area contributed by atoms with Crippen LogP contribution in [0.2, 0.25) is 0 Å². The van der Waals surface area contributed by atoms with Crippen molar-refractivity contribution in [3.05, 3.63) is 15.6 Å². The number of nitrogens with one attached hydrogen (secondary N) is 1. The molecule has 0 radical (unpaired) electrons. The zero-order valence-corrected chi connectivity index (χ0v) is 11.7. The minimum atomic E-state index is 0.304. The van der Waals surface area contributed by atoms with Crippen molar-refractivity contribution in [2.45, 2.75) is 57.9 Å². The first kappa shape index (κ1) is 11.7. The Morgan fingerprint density at radius 1 is 1.41 bits per heavy atom. The van der Waals surface area contributed by atoms with Gasteiger partial charge in [-0.1, -0.05) is 13.8 Å². The Labute approximate surface area is 108 Å². The molecule has 1 heterocycles. The molecule has 1 saturated carbocycles. The van der Waals surface area contributed by atoms with E-state index in [4.69, 9.17) is 4.98 Å². The van der Waals surface area contributed by atoms with Gasteiger partial charge in [0.2, 0.25) is 0 Å². The van der Waals surface area contributed by atoms with Crippen LogP contribution in [0.3, 0.4) is 0 Å². The number of fused-ring (bicyclic) bond motifs is 1. The summed E-state index contributed by atoms with van der Waals surface area (Å²) in [4.78, 5) is 6.42. The molecule has 0 unspecified atom stereocenters. The maximum atomic E-state index is 4.88. The van der Waals surface area contributed by atoms with Crippen molar-refractivity contribution in [2.75, 3.05) is 6.54 Å². The average molecular weight is 250 g/mol. The second-order valence-corrected chi connectivity index (χ2v) is 7.36. The van der Waals surface area contributed by atoms with Gasteiger partial charge in [-0.25, -0.2) is 4.98 Å². The molecule has 1 fully saturated rings. The lowest BCUT2D eigenvalue weighted by atomic mass is 9.79. The molecule has 0 spiro atoms. The molecule has 1 aromatic heterocycles. The van der Waals surface area contributed by atoms with Crippen molar-refractivity contribution in [3.63, 3.8) is 0 Å². The van der Waals surface area contributed by atoms with E-state index in [2.05, 4.69) is 19.2 Å². The summed E-state index contributed by atoms with van der Waals surface area (Å²) < 4.78 is 0. The molecule has 0 aliphatic heterocycles. The molecule has 0 saturated heterocycles. The van der Waals surface area contributed by atoms with E-state index < -0.39 is 0 Å². The van der Waals surface area contributed by atoms with Crippen molar-refractivity contribution >= 4 is 11.3 Å². The van der Waals surface area contributed by atoms with Crippen LogP contribution in [-0.4, -0.2) is 11.5 Å². The quantitative estimate of drug-likeness (QED) is 0.887. The fourth-order valence-electron chi connectivity index (χ4n) is 2.69. The predicted molar refractivity (Wildman–Crippen MR) is 72.5 cm³/mol. The Morgan fingerprint density at radius 3 is 2.94 bits per heavy atom. The third-order valence-electron chi connectivity index (χ3n) is 3.99. The third kappa shape index (κ3) is 2.55. The first-order chi connectivity index (χ1) is 8.15. The second kappa shape index (κ2) is 4.36. The van der Waals surface area contributed by atoms with Crippen LogP contribution < -0.4 is 5.32 Å². The molecular weight excluding hydrogens is 228 g/mol. The van der Waals surface area contributed by atoms with Crippen molar-refractivity contribution in [3.8, 4) is 0 Å². The Morgan fingerprint density at radius 2 is 2.24 bits per heavy atom. The first-order valence-corrected chi connectivity index (χ1v) is 7.66. The number of rotatable bonds is 4. The predicted octanol–water partition coefficient (Wildman–Crippen LogP) is 3.26. The number of aryl methyl sites for hydroxylation is 1. The first-order valence-electron chi connectivity index (χ1n) is 6.85. The highest BCUT2D eigenvalue weighted by molar-refractivity contribution is 7.11. The lowest BCUT2D eigenvalue weighted by Crippen LogP contribution is -2.23. The van der Waals surface area contributed by atoms with Gasteiger partial charge in [-0.05, 0) is 44.6 Å². The van der Waals surface area contributed by atoms with Crippen LogP contribution in [0, 0.1) is 5.92 Å². The lowest BCUT2D eigenvalue weighted by Gasteiger charge is -2.28. The Bertz CT molecular complexity index is 404. The highest BCUT2D eigenvalue weighted by atomic mass is 32.1. The summed E-state index contributed by atoms with van der Waals surface area (Å²) in [5.74, 6) is 0.959. The third-order valence-corrected chi connectivity index (χ3v) is 5.11. The molecule has 0 aromatic carbocycles. The van der Waals surface area contributed by atoms with Gasteiger partial charge >= 0.3 is 0 Å². The summed E-state index contributed by atoms with van der Waals surface area (Å²) in [7, 11) is 0. The number of aromatic nitrogens is 1. The maximum Gasteiger partial charge on any atom is 0.107 e. The van der Waals surface area contributed by atoms with E-state index in [9.17, 15) is 0 Å². The molecule has 3 heteroatoms. The standard InChI is InChI=1S/C14H22N2S/c1-14(2)7-3-4-11-13(14)16-12(17-11)9-15-8-10-5-6-10/h10,15H,3-9H2,1-2H3. The fourth-order valence-corrected chi connectivity index (χ4v) is 3.95. The lowest BCUT2D eigenvalue weighted by molar-refractivity contribution is 0.423. The van der Waals surface area contributed by atoms with Crippen molar-refractivity contribution in [1.82, 2.24) is 10.3 Å². The zero-order valence-electron chi connectivity index (χ0n) is 10.9. The van der Waals surface area contributed by atoms with Gasteiger partial charge in [0.25, 0.3) is 0 Å². The van der Waals surface area contributed by atoms with Crippen LogP contribution in [0.4, 0.5) is 0 Å². The van der Waals surface area contributed by atoms with Crippen molar-refractivity contribution in [2.24, 2.45) is 5.92 Å². The maximum absolute atomic E-state index is 4.88. The van der Waals surface area contributed by atoms with E-state index in [-0.39, 0.29) is 0 Å². The molecule has 2 nitrogen and oxygen atoms in total. The molecule has 0 bridgehead atoms. The normalized spacial score (nSPS) is 22.5. The molecule has 3 rings (SSSR count). The number of nitrogens with zero attached hydrogens (tertiary/aromatic N) is 1. The van der Waals surface area contributed by atoms with Crippen LogP contribution in [-0.2, 0) is 18.4 Å². The summed E-state index contributed by atoms with van der Waals surface area (Å²) in [6.45, 7) is 6.84. The van der Waals surface area contributed by atoms with Gasteiger partial charge in [0.1, 0.15) is 5.01 Å². The van der Waals surface area contributed by atoms with Crippen molar-refractivity contribution in [1.29, 1.82) is 0 Å². The van der Waals surface area contributed by atoms with Crippen LogP contribution in [0.5, 0.6) is 0 Å². The average Bonchev–Trinajstić information content (AvgIpc) is 2.97. The van der Waals surface area contributed by atoms with E-state index in [1.807, 2.05) is 11.3 Å². The minimum absolute atomic E-state index is 0.304. The SMILES string of the molecule is CC1(C)CCCc2sc(CNCC3CC3)nc21. The second-order valence-electron chi connectivity index (χ2n) is 6.19. The molecular formula is C14H22N2S. The van der Waals surface area contributed by atoms with Crippen molar-refractivity contribution < 1.29 is 0 Å². The molecule has 94 valence electrons. The molecule has 2 aliphatic carbocycles. The monoisotopic (exact) mass is 250 g/mol. The van der Waals surface area contributed by atoms with Crippen LogP contribution >= 0.6 is 11.3 Å². The van der Waals surface area contributed by atoms with E-state index >= 15 is 0 Å². The Hall–Kier alpha value is -0.410. The van der Waals surface area contributed by atoms with E-state index in [0.29, 0.717) is 5.41 Å². The van der Waals surface area contributed by atoms with Gasteiger partial charge in [-0.3, -0.25) is 0 Å². The molecule has 1 aromatic rings. The summed E-state index contributed by atoms with van der Waals surface area (Å²) in [5, 5.41) is 4.84. The van der Waals surface area contributed by atoms with Gasteiger partial charge < -0.3 is 5.32 Å². The van der Waals surface area contributed by atoms with Crippen LogP contribution in [0.25, 0.3) is 0 Å². The molecule has 17 heavy (non-hydrogen) atoms.